The maximum absolute atomic E-state index is 12.4. The average Bonchev–Trinajstić information content (AvgIpc) is 3.32. The lowest BCUT2D eigenvalue weighted by atomic mass is 9.72. The summed E-state index contributed by atoms with van der Waals surface area (Å²) < 4.78 is 5.76. The molecule has 1 aromatic heterocycles. The molecule has 1 spiro atoms. The number of ether oxygens (including phenoxy) is 1. The minimum absolute atomic E-state index is 0.257. The molecule has 1 atom stereocenters. The fourth-order valence-corrected chi connectivity index (χ4v) is 5.56. The zero-order valence-corrected chi connectivity index (χ0v) is 16.6. The lowest BCUT2D eigenvalue weighted by molar-refractivity contribution is -0.140. The van der Waals surface area contributed by atoms with Gasteiger partial charge in [-0.2, -0.15) is 0 Å². The molecular weight excluding hydrogens is 348 g/mol. The van der Waals surface area contributed by atoms with Crippen molar-refractivity contribution in [3.05, 3.63) is 5.01 Å². The van der Waals surface area contributed by atoms with E-state index in [1.165, 1.54) is 0 Å². The predicted molar refractivity (Wildman–Crippen MR) is 103 cm³/mol. The van der Waals surface area contributed by atoms with Crippen LogP contribution in [-0.4, -0.2) is 59.9 Å². The molecule has 0 N–H and O–H groups in total. The van der Waals surface area contributed by atoms with Crippen LogP contribution in [0.3, 0.4) is 0 Å². The van der Waals surface area contributed by atoms with Crippen LogP contribution in [0, 0.1) is 5.41 Å². The molecule has 1 aromatic rings. The number of anilines is 1. The van der Waals surface area contributed by atoms with Gasteiger partial charge in [0, 0.05) is 45.6 Å². The Morgan fingerprint density at radius 2 is 2.12 bits per heavy atom. The topological polar surface area (TPSA) is 58.6 Å². The van der Waals surface area contributed by atoms with E-state index in [-0.39, 0.29) is 6.10 Å². The number of aromatic nitrogens is 2. The van der Waals surface area contributed by atoms with E-state index < -0.39 is 0 Å². The number of piperidine rings is 2. The summed E-state index contributed by atoms with van der Waals surface area (Å²) in [6.07, 6.45) is 8.66. The maximum Gasteiger partial charge on any atom is 0.222 e. The van der Waals surface area contributed by atoms with Crippen molar-refractivity contribution in [2.24, 2.45) is 5.41 Å². The Morgan fingerprint density at radius 3 is 2.85 bits per heavy atom. The normalized spacial score (nSPS) is 26.0. The van der Waals surface area contributed by atoms with Crippen molar-refractivity contribution >= 4 is 22.4 Å². The van der Waals surface area contributed by atoms with E-state index in [1.54, 1.807) is 11.3 Å². The number of carbonyl (C=O) groups excluding carboxylic acids is 1. The number of carbonyl (C=O) groups is 1. The molecule has 3 aliphatic rings. The summed E-state index contributed by atoms with van der Waals surface area (Å²) in [6.45, 7) is 6.80. The molecular formula is C19H30N4O2S. The Labute approximate surface area is 159 Å². The van der Waals surface area contributed by atoms with Gasteiger partial charge in [0.1, 0.15) is 5.01 Å². The maximum atomic E-state index is 12.4. The SMILES string of the molecule is CCCc1nnc(N2CCC3(CCC(=O)N(CC4CCCO4)C3)CC2)s1. The highest BCUT2D eigenvalue weighted by Gasteiger charge is 2.42. The predicted octanol–water partition coefficient (Wildman–Crippen LogP) is 2.88. The first-order chi connectivity index (χ1) is 12.7. The molecule has 0 saturated carbocycles. The molecule has 144 valence electrons. The molecule has 1 amide bonds. The Kier molecular flexibility index (Phi) is 5.45. The third kappa shape index (κ3) is 3.88. The van der Waals surface area contributed by atoms with Crippen LogP contribution in [0.15, 0.2) is 0 Å². The van der Waals surface area contributed by atoms with Crippen molar-refractivity contribution in [2.75, 3.05) is 37.7 Å². The Hall–Kier alpha value is -1.21. The van der Waals surface area contributed by atoms with Crippen molar-refractivity contribution in [1.29, 1.82) is 0 Å². The smallest absolute Gasteiger partial charge is 0.222 e. The minimum atomic E-state index is 0.257. The van der Waals surface area contributed by atoms with E-state index in [9.17, 15) is 4.79 Å². The summed E-state index contributed by atoms with van der Waals surface area (Å²) in [4.78, 5) is 16.9. The van der Waals surface area contributed by atoms with Crippen LogP contribution in [0.2, 0.25) is 0 Å². The van der Waals surface area contributed by atoms with E-state index in [1.807, 2.05) is 0 Å². The number of likely N-dealkylation sites (tertiary alicyclic amines) is 1. The summed E-state index contributed by atoms with van der Waals surface area (Å²) in [5.74, 6) is 0.321. The number of hydrogen-bond donors (Lipinski definition) is 0. The second-order valence-electron chi connectivity index (χ2n) is 8.12. The van der Waals surface area contributed by atoms with E-state index >= 15 is 0 Å². The highest BCUT2D eigenvalue weighted by Crippen LogP contribution is 2.41. The van der Waals surface area contributed by atoms with E-state index in [0.717, 1.165) is 87.9 Å². The number of aryl methyl sites for hydroxylation is 1. The van der Waals surface area contributed by atoms with Gasteiger partial charge < -0.3 is 14.5 Å². The number of rotatable bonds is 5. The van der Waals surface area contributed by atoms with Gasteiger partial charge in [-0.15, -0.1) is 10.2 Å². The zero-order chi connectivity index (χ0) is 18.0. The van der Waals surface area contributed by atoms with Crippen LogP contribution in [0.1, 0.15) is 56.9 Å². The molecule has 4 heterocycles. The summed E-state index contributed by atoms with van der Waals surface area (Å²) in [6, 6.07) is 0. The lowest BCUT2D eigenvalue weighted by Gasteiger charge is -2.47. The molecule has 6 nitrogen and oxygen atoms in total. The van der Waals surface area contributed by atoms with Crippen molar-refractivity contribution < 1.29 is 9.53 Å². The van der Waals surface area contributed by atoms with E-state index in [2.05, 4.69) is 26.9 Å². The average molecular weight is 379 g/mol. The summed E-state index contributed by atoms with van der Waals surface area (Å²) >= 11 is 1.74. The molecule has 0 radical (unpaired) electrons. The third-order valence-electron chi connectivity index (χ3n) is 6.21. The molecule has 3 saturated heterocycles. The molecule has 0 aliphatic carbocycles. The summed E-state index contributed by atoms with van der Waals surface area (Å²) in [5.41, 5.74) is 0.292. The molecule has 26 heavy (non-hydrogen) atoms. The standard InChI is InChI=1S/C19H30N4O2S/c1-2-4-16-20-21-18(26-16)22-10-8-19(9-11-22)7-6-17(24)23(14-19)13-15-5-3-12-25-15/h15H,2-14H2,1H3. The van der Waals surface area contributed by atoms with Crippen LogP contribution in [0.25, 0.3) is 0 Å². The highest BCUT2D eigenvalue weighted by molar-refractivity contribution is 7.15. The second-order valence-corrected chi connectivity index (χ2v) is 9.17. The Balaban J connectivity index is 1.35. The van der Waals surface area contributed by atoms with Crippen molar-refractivity contribution in [1.82, 2.24) is 15.1 Å². The monoisotopic (exact) mass is 378 g/mol. The fraction of sp³-hybridized carbons (Fsp3) is 0.842. The van der Waals surface area contributed by atoms with Crippen LogP contribution < -0.4 is 4.90 Å². The molecule has 7 heteroatoms. The van der Waals surface area contributed by atoms with E-state index in [0.29, 0.717) is 17.7 Å². The summed E-state index contributed by atoms with van der Waals surface area (Å²) in [7, 11) is 0. The molecule has 1 unspecified atom stereocenters. The minimum Gasteiger partial charge on any atom is -0.376 e. The Bertz CT molecular complexity index is 621. The lowest BCUT2D eigenvalue weighted by Crippen LogP contribution is -2.53. The molecule has 3 aliphatic heterocycles. The van der Waals surface area contributed by atoms with Crippen molar-refractivity contribution in [3.8, 4) is 0 Å². The van der Waals surface area contributed by atoms with E-state index in [4.69, 9.17) is 4.74 Å². The van der Waals surface area contributed by atoms with Crippen LogP contribution in [-0.2, 0) is 16.0 Å². The largest absolute Gasteiger partial charge is 0.376 e. The van der Waals surface area contributed by atoms with Crippen LogP contribution in [0.4, 0.5) is 5.13 Å². The van der Waals surface area contributed by atoms with Crippen molar-refractivity contribution in [3.63, 3.8) is 0 Å². The van der Waals surface area contributed by atoms with Crippen LogP contribution in [0.5, 0.6) is 0 Å². The number of amides is 1. The van der Waals surface area contributed by atoms with Gasteiger partial charge in [0.25, 0.3) is 0 Å². The fourth-order valence-electron chi connectivity index (χ4n) is 4.57. The van der Waals surface area contributed by atoms with Gasteiger partial charge in [0.15, 0.2) is 0 Å². The van der Waals surface area contributed by atoms with Gasteiger partial charge in [-0.05, 0) is 43.9 Å². The van der Waals surface area contributed by atoms with Gasteiger partial charge in [0.2, 0.25) is 11.0 Å². The van der Waals surface area contributed by atoms with Gasteiger partial charge >= 0.3 is 0 Å². The first-order valence-electron chi connectivity index (χ1n) is 10.1. The number of hydrogen-bond acceptors (Lipinski definition) is 6. The van der Waals surface area contributed by atoms with Crippen LogP contribution >= 0.6 is 11.3 Å². The molecule has 4 rings (SSSR count). The first-order valence-corrected chi connectivity index (χ1v) is 11.0. The molecule has 0 aromatic carbocycles. The Morgan fingerprint density at radius 1 is 1.27 bits per heavy atom. The third-order valence-corrected chi connectivity index (χ3v) is 7.25. The molecule has 0 bridgehead atoms. The highest BCUT2D eigenvalue weighted by atomic mass is 32.1. The van der Waals surface area contributed by atoms with Gasteiger partial charge in [-0.1, -0.05) is 18.3 Å². The second kappa shape index (κ2) is 7.80. The number of nitrogens with zero attached hydrogens (tertiary/aromatic N) is 4. The summed E-state index contributed by atoms with van der Waals surface area (Å²) in [5, 5.41) is 10.9. The zero-order valence-electron chi connectivity index (χ0n) is 15.8. The van der Waals surface area contributed by atoms with Gasteiger partial charge in [0.05, 0.1) is 6.10 Å². The first kappa shape index (κ1) is 18.2. The van der Waals surface area contributed by atoms with Gasteiger partial charge in [-0.3, -0.25) is 4.79 Å². The quantitative estimate of drug-likeness (QED) is 0.788. The van der Waals surface area contributed by atoms with Gasteiger partial charge in [-0.25, -0.2) is 0 Å². The molecule has 3 fully saturated rings. The van der Waals surface area contributed by atoms with Crippen molar-refractivity contribution in [2.45, 2.75) is 64.4 Å².